The number of rotatable bonds is 4. The van der Waals surface area contributed by atoms with Crippen LogP contribution in [0.1, 0.15) is 21.7 Å². The predicted octanol–water partition coefficient (Wildman–Crippen LogP) is 2.76. The summed E-state index contributed by atoms with van der Waals surface area (Å²) in [5.74, 6) is 0.392. The van der Waals surface area contributed by atoms with E-state index < -0.39 is 0 Å². The number of hydrogen-bond donors (Lipinski definition) is 1. The zero-order chi connectivity index (χ0) is 16.3. The van der Waals surface area contributed by atoms with E-state index in [1.807, 2.05) is 13.0 Å². The first-order chi connectivity index (χ1) is 10.4. The zero-order valence-corrected chi connectivity index (χ0v) is 14.1. The fourth-order valence-electron chi connectivity index (χ4n) is 1.97. The number of carbonyl (C=O) groups is 2. The summed E-state index contributed by atoms with van der Waals surface area (Å²) in [6.07, 6.45) is 0. The van der Waals surface area contributed by atoms with Gasteiger partial charge in [-0.15, -0.1) is 0 Å². The van der Waals surface area contributed by atoms with E-state index in [9.17, 15) is 9.59 Å². The lowest BCUT2D eigenvalue weighted by atomic mass is 10.1. The van der Waals surface area contributed by atoms with Gasteiger partial charge >= 0.3 is 0 Å². The van der Waals surface area contributed by atoms with Gasteiger partial charge in [-0.05, 0) is 37.6 Å². The standard InChI is InChI=1S/C15H16BrN3O3/c1-9-6-11(16)4-5-12(9)15(21)19(3)8-14(20)17-13-7-10(2)22-18-13/h4-7H,8H2,1-3H3,(H,17,18,20). The molecule has 0 unspecified atom stereocenters. The van der Waals surface area contributed by atoms with Crippen molar-refractivity contribution in [2.75, 3.05) is 18.9 Å². The number of aryl methyl sites for hydroxylation is 2. The largest absolute Gasteiger partial charge is 0.360 e. The van der Waals surface area contributed by atoms with Gasteiger partial charge in [-0.3, -0.25) is 9.59 Å². The molecule has 2 rings (SSSR count). The van der Waals surface area contributed by atoms with Crippen LogP contribution >= 0.6 is 15.9 Å². The van der Waals surface area contributed by atoms with E-state index in [-0.39, 0.29) is 18.4 Å². The van der Waals surface area contributed by atoms with Crippen molar-refractivity contribution >= 4 is 33.6 Å². The molecule has 0 aliphatic carbocycles. The van der Waals surface area contributed by atoms with Crippen molar-refractivity contribution < 1.29 is 14.1 Å². The van der Waals surface area contributed by atoms with Crippen LogP contribution in [0.5, 0.6) is 0 Å². The molecule has 0 bridgehead atoms. The molecule has 7 heteroatoms. The van der Waals surface area contributed by atoms with Crippen LogP contribution < -0.4 is 5.32 Å². The predicted molar refractivity (Wildman–Crippen MR) is 85.7 cm³/mol. The molecule has 1 aromatic heterocycles. The SMILES string of the molecule is Cc1cc(NC(=O)CN(C)C(=O)c2ccc(Br)cc2C)no1. The lowest BCUT2D eigenvalue weighted by molar-refractivity contribution is -0.116. The Morgan fingerprint density at radius 3 is 2.64 bits per heavy atom. The number of anilines is 1. The Labute approximate surface area is 136 Å². The van der Waals surface area contributed by atoms with Gasteiger partial charge in [-0.1, -0.05) is 21.1 Å². The topological polar surface area (TPSA) is 75.4 Å². The smallest absolute Gasteiger partial charge is 0.254 e. The molecule has 0 saturated heterocycles. The molecular weight excluding hydrogens is 350 g/mol. The number of amides is 2. The summed E-state index contributed by atoms with van der Waals surface area (Å²) < 4.78 is 5.77. The van der Waals surface area contributed by atoms with Gasteiger partial charge in [0.25, 0.3) is 5.91 Å². The van der Waals surface area contributed by atoms with Gasteiger partial charge in [0.15, 0.2) is 5.82 Å². The van der Waals surface area contributed by atoms with E-state index >= 15 is 0 Å². The lowest BCUT2D eigenvalue weighted by Crippen LogP contribution is -2.35. The van der Waals surface area contributed by atoms with Crippen LogP contribution in [0, 0.1) is 13.8 Å². The Hall–Kier alpha value is -2.15. The van der Waals surface area contributed by atoms with Crippen molar-refractivity contribution in [2.24, 2.45) is 0 Å². The van der Waals surface area contributed by atoms with Crippen LogP contribution in [0.4, 0.5) is 5.82 Å². The summed E-state index contributed by atoms with van der Waals surface area (Å²) in [4.78, 5) is 25.6. The molecular formula is C15H16BrN3O3. The van der Waals surface area contributed by atoms with Crippen molar-refractivity contribution in [2.45, 2.75) is 13.8 Å². The van der Waals surface area contributed by atoms with Gasteiger partial charge in [0.2, 0.25) is 5.91 Å². The normalized spacial score (nSPS) is 10.4. The van der Waals surface area contributed by atoms with Crippen LogP contribution in [0.25, 0.3) is 0 Å². The molecule has 0 spiro atoms. The second-order valence-electron chi connectivity index (χ2n) is 4.99. The highest BCUT2D eigenvalue weighted by Crippen LogP contribution is 2.17. The number of hydrogen-bond acceptors (Lipinski definition) is 4. The summed E-state index contributed by atoms with van der Waals surface area (Å²) >= 11 is 3.36. The first kappa shape index (κ1) is 16.2. The quantitative estimate of drug-likeness (QED) is 0.903. The number of carbonyl (C=O) groups excluding carboxylic acids is 2. The van der Waals surface area contributed by atoms with Gasteiger partial charge in [0, 0.05) is 23.2 Å². The van der Waals surface area contributed by atoms with Gasteiger partial charge < -0.3 is 14.7 Å². The van der Waals surface area contributed by atoms with Crippen LogP contribution in [0.2, 0.25) is 0 Å². The average Bonchev–Trinajstić information content (AvgIpc) is 2.83. The van der Waals surface area contributed by atoms with E-state index in [0.717, 1.165) is 10.0 Å². The number of nitrogens with one attached hydrogen (secondary N) is 1. The second kappa shape index (κ2) is 6.74. The van der Waals surface area contributed by atoms with Crippen molar-refractivity contribution in [3.8, 4) is 0 Å². The summed E-state index contributed by atoms with van der Waals surface area (Å²) in [7, 11) is 1.58. The van der Waals surface area contributed by atoms with Gasteiger partial charge in [0.05, 0.1) is 6.54 Å². The van der Waals surface area contributed by atoms with Crippen LogP contribution in [-0.2, 0) is 4.79 Å². The third-order valence-electron chi connectivity index (χ3n) is 3.04. The fourth-order valence-corrected chi connectivity index (χ4v) is 2.44. The maximum atomic E-state index is 12.4. The third-order valence-corrected chi connectivity index (χ3v) is 3.54. The molecule has 6 nitrogen and oxygen atoms in total. The number of aromatic nitrogens is 1. The summed E-state index contributed by atoms with van der Waals surface area (Å²) in [5.41, 5.74) is 1.41. The molecule has 1 N–H and O–H groups in total. The highest BCUT2D eigenvalue weighted by molar-refractivity contribution is 9.10. The molecule has 2 amide bonds. The molecule has 1 heterocycles. The summed E-state index contributed by atoms with van der Waals surface area (Å²) in [6.45, 7) is 3.51. The van der Waals surface area contributed by atoms with Crippen molar-refractivity contribution in [3.05, 3.63) is 45.6 Å². The molecule has 2 aromatic rings. The second-order valence-corrected chi connectivity index (χ2v) is 5.91. The minimum atomic E-state index is -0.334. The van der Waals surface area contributed by atoms with E-state index in [2.05, 4.69) is 26.4 Å². The van der Waals surface area contributed by atoms with Crippen LogP contribution in [0.15, 0.2) is 33.3 Å². The maximum Gasteiger partial charge on any atom is 0.254 e. The first-order valence-electron chi connectivity index (χ1n) is 6.61. The summed E-state index contributed by atoms with van der Waals surface area (Å²) in [6, 6.07) is 7.00. The minimum absolute atomic E-state index is 0.0692. The first-order valence-corrected chi connectivity index (χ1v) is 7.41. The molecule has 0 fully saturated rings. The molecule has 0 aliphatic rings. The summed E-state index contributed by atoms with van der Waals surface area (Å²) in [5, 5.41) is 6.25. The Balaban J connectivity index is 2.00. The molecule has 0 radical (unpaired) electrons. The number of halogens is 1. The molecule has 22 heavy (non-hydrogen) atoms. The lowest BCUT2D eigenvalue weighted by Gasteiger charge is -2.17. The van der Waals surface area contributed by atoms with E-state index in [4.69, 9.17) is 4.52 Å². The molecule has 116 valence electrons. The van der Waals surface area contributed by atoms with Crippen molar-refractivity contribution in [3.63, 3.8) is 0 Å². The molecule has 0 aliphatic heterocycles. The monoisotopic (exact) mass is 365 g/mol. The highest BCUT2D eigenvalue weighted by Gasteiger charge is 2.17. The number of benzene rings is 1. The van der Waals surface area contributed by atoms with Gasteiger partial charge in [-0.25, -0.2) is 0 Å². The molecule has 0 saturated carbocycles. The van der Waals surface area contributed by atoms with Gasteiger partial charge in [0.1, 0.15) is 5.76 Å². The Bertz CT molecular complexity index is 712. The Morgan fingerprint density at radius 2 is 2.05 bits per heavy atom. The third kappa shape index (κ3) is 3.94. The molecule has 1 aromatic carbocycles. The van der Waals surface area contributed by atoms with Crippen LogP contribution in [-0.4, -0.2) is 35.5 Å². The van der Waals surface area contributed by atoms with Crippen LogP contribution in [0.3, 0.4) is 0 Å². The fraction of sp³-hybridized carbons (Fsp3) is 0.267. The van der Waals surface area contributed by atoms with E-state index in [1.54, 1.807) is 32.2 Å². The number of nitrogens with zero attached hydrogens (tertiary/aromatic N) is 2. The van der Waals surface area contributed by atoms with E-state index in [1.165, 1.54) is 4.90 Å². The van der Waals surface area contributed by atoms with E-state index in [0.29, 0.717) is 17.1 Å². The van der Waals surface area contributed by atoms with Crippen molar-refractivity contribution in [1.82, 2.24) is 10.1 Å². The Morgan fingerprint density at radius 1 is 1.32 bits per heavy atom. The highest BCUT2D eigenvalue weighted by atomic mass is 79.9. The Kier molecular flexibility index (Phi) is 4.97. The zero-order valence-electron chi connectivity index (χ0n) is 12.5. The van der Waals surface area contributed by atoms with Gasteiger partial charge in [-0.2, -0.15) is 0 Å². The minimum Gasteiger partial charge on any atom is -0.360 e. The molecule has 0 atom stereocenters. The number of likely N-dealkylation sites (N-methyl/N-ethyl adjacent to an activating group) is 1. The van der Waals surface area contributed by atoms with Crippen molar-refractivity contribution in [1.29, 1.82) is 0 Å². The average molecular weight is 366 g/mol. The maximum absolute atomic E-state index is 12.4.